The van der Waals surface area contributed by atoms with Crippen LogP contribution in [-0.4, -0.2) is 39.4 Å². The van der Waals surface area contributed by atoms with Gasteiger partial charge in [-0.1, -0.05) is 11.3 Å². The minimum Gasteiger partial charge on any atom is -0.328 e. The fraction of sp³-hybridized carbons (Fsp3) is 0.538. The van der Waals surface area contributed by atoms with Crippen LogP contribution in [0.1, 0.15) is 30.3 Å². The smallest absolute Gasteiger partial charge is 0.0898 e. The molecule has 0 saturated carbocycles. The van der Waals surface area contributed by atoms with Gasteiger partial charge in [0.05, 0.1) is 22.9 Å². The lowest BCUT2D eigenvalue weighted by Crippen LogP contribution is -2.40. The van der Waals surface area contributed by atoms with Crippen LogP contribution in [0.2, 0.25) is 0 Å². The van der Waals surface area contributed by atoms with Gasteiger partial charge in [-0.2, -0.15) is 0 Å². The number of likely N-dealkylation sites (tertiary alicyclic amines) is 1. The second-order valence-corrected chi connectivity index (χ2v) is 5.20. The lowest BCUT2D eigenvalue weighted by Gasteiger charge is -2.35. The summed E-state index contributed by atoms with van der Waals surface area (Å²) in [5.74, 6) is 0. The number of aromatic nitrogens is 3. The van der Waals surface area contributed by atoms with Crippen molar-refractivity contribution in [3.63, 3.8) is 0 Å². The van der Waals surface area contributed by atoms with Gasteiger partial charge in [-0.25, -0.2) is 4.52 Å². The molecule has 3 rings (SSSR count). The van der Waals surface area contributed by atoms with Gasteiger partial charge in [0, 0.05) is 6.04 Å². The second-order valence-electron chi connectivity index (χ2n) is 5.20. The molecule has 0 radical (unpaired) electrons. The van der Waals surface area contributed by atoms with Crippen LogP contribution >= 0.6 is 0 Å². The SMILES string of the molecule is Cc1nnn2c(C3CC(N)CCN3C)cccc12. The number of fused-ring (bicyclic) bond motifs is 1. The Labute approximate surface area is 107 Å². The maximum absolute atomic E-state index is 6.10. The van der Waals surface area contributed by atoms with Crippen molar-refractivity contribution in [3.8, 4) is 0 Å². The topological polar surface area (TPSA) is 59.5 Å². The molecule has 2 N–H and O–H groups in total. The van der Waals surface area contributed by atoms with E-state index in [4.69, 9.17) is 5.73 Å². The average Bonchev–Trinajstić information content (AvgIpc) is 2.75. The maximum atomic E-state index is 6.10. The number of pyridine rings is 1. The van der Waals surface area contributed by atoms with Crippen LogP contribution in [0.25, 0.3) is 5.52 Å². The van der Waals surface area contributed by atoms with Crippen molar-refractivity contribution >= 4 is 5.52 Å². The van der Waals surface area contributed by atoms with E-state index in [0.29, 0.717) is 6.04 Å². The monoisotopic (exact) mass is 245 g/mol. The summed E-state index contributed by atoms with van der Waals surface area (Å²) in [6, 6.07) is 6.88. The summed E-state index contributed by atoms with van der Waals surface area (Å²) in [4.78, 5) is 2.36. The van der Waals surface area contributed by atoms with Gasteiger partial charge < -0.3 is 5.73 Å². The Morgan fingerprint density at radius 2 is 2.22 bits per heavy atom. The third-order valence-electron chi connectivity index (χ3n) is 3.90. The van der Waals surface area contributed by atoms with Crippen LogP contribution in [0.15, 0.2) is 18.2 Å². The molecule has 2 unspecified atom stereocenters. The lowest BCUT2D eigenvalue weighted by atomic mass is 9.95. The molecule has 2 aromatic rings. The summed E-state index contributed by atoms with van der Waals surface area (Å²) in [5, 5.41) is 8.41. The molecular weight excluding hydrogens is 226 g/mol. The van der Waals surface area contributed by atoms with Crippen LogP contribution in [0, 0.1) is 6.92 Å². The molecule has 18 heavy (non-hydrogen) atoms. The third-order valence-corrected chi connectivity index (χ3v) is 3.90. The number of rotatable bonds is 1. The summed E-state index contributed by atoms with van der Waals surface area (Å²) in [6.45, 7) is 3.03. The largest absolute Gasteiger partial charge is 0.328 e. The van der Waals surface area contributed by atoms with E-state index in [-0.39, 0.29) is 6.04 Å². The molecule has 5 heteroatoms. The van der Waals surface area contributed by atoms with Crippen molar-refractivity contribution < 1.29 is 0 Å². The Morgan fingerprint density at radius 1 is 1.39 bits per heavy atom. The first kappa shape index (κ1) is 11.6. The Morgan fingerprint density at radius 3 is 3.06 bits per heavy atom. The van der Waals surface area contributed by atoms with Gasteiger partial charge in [0.2, 0.25) is 0 Å². The molecule has 3 heterocycles. The number of nitrogens with two attached hydrogens (primary N) is 1. The van der Waals surface area contributed by atoms with Gasteiger partial charge in [-0.15, -0.1) is 5.10 Å². The first-order valence-corrected chi connectivity index (χ1v) is 6.43. The minimum atomic E-state index is 0.283. The van der Waals surface area contributed by atoms with Gasteiger partial charge in [0.15, 0.2) is 0 Å². The van der Waals surface area contributed by atoms with Gasteiger partial charge in [-0.05, 0) is 45.5 Å². The highest BCUT2D eigenvalue weighted by Gasteiger charge is 2.27. The quantitative estimate of drug-likeness (QED) is 0.818. The lowest BCUT2D eigenvalue weighted by molar-refractivity contribution is 0.166. The summed E-state index contributed by atoms with van der Waals surface area (Å²) in [6.07, 6.45) is 2.05. The molecule has 0 amide bonds. The van der Waals surface area contributed by atoms with Crippen LogP contribution in [0.4, 0.5) is 0 Å². The van der Waals surface area contributed by atoms with E-state index < -0.39 is 0 Å². The van der Waals surface area contributed by atoms with Crippen LogP contribution in [0.3, 0.4) is 0 Å². The molecule has 0 spiro atoms. The molecule has 5 nitrogen and oxygen atoms in total. The van der Waals surface area contributed by atoms with Gasteiger partial charge in [-0.3, -0.25) is 4.90 Å². The summed E-state index contributed by atoms with van der Waals surface area (Å²) in [5.41, 5.74) is 9.34. The maximum Gasteiger partial charge on any atom is 0.0898 e. The highest BCUT2D eigenvalue weighted by Crippen LogP contribution is 2.29. The van der Waals surface area contributed by atoms with Crippen LogP contribution < -0.4 is 5.73 Å². The van der Waals surface area contributed by atoms with Crippen molar-refractivity contribution in [1.29, 1.82) is 0 Å². The van der Waals surface area contributed by atoms with E-state index in [2.05, 4.69) is 40.5 Å². The molecule has 96 valence electrons. The van der Waals surface area contributed by atoms with Gasteiger partial charge in [0.1, 0.15) is 0 Å². The fourth-order valence-electron chi connectivity index (χ4n) is 2.76. The van der Waals surface area contributed by atoms with E-state index in [1.807, 2.05) is 11.4 Å². The van der Waals surface area contributed by atoms with E-state index >= 15 is 0 Å². The van der Waals surface area contributed by atoms with Crippen molar-refractivity contribution in [2.24, 2.45) is 5.73 Å². The highest BCUT2D eigenvalue weighted by molar-refractivity contribution is 5.51. The molecular formula is C13H19N5. The number of aryl methyl sites for hydroxylation is 1. The third kappa shape index (κ3) is 1.79. The van der Waals surface area contributed by atoms with Crippen LogP contribution in [-0.2, 0) is 0 Å². The first-order valence-electron chi connectivity index (χ1n) is 6.43. The van der Waals surface area contributed by atoms with E-state index in [1.165, 1.54) is 5.69 Å². The first-order chi connectivity index (χ1) is 8.66. The zero-order valence-corrected chi connectivity index (χ0v) is 10.9. The van der Waals surface area contributed by atoms with Crippen molar-refractivity contribution in [3.05, 3.63) is 29.6 Å². The molecule has 0 aliphatic carbocycles. The predicted molar refractivity (Wildman–Crippen MR) is 70.3 cm³/mol. The second kappa shape index (κ2) is 4.33. The average molecular weight is 245 g/mol. The van der Waals surface area contributed by atoms with E-state index in [1.54, 1.807) is 0 Å². The van der Waals surface area contributed by atoms with Crippen molar-refractivity contribution in [1.82, 2.24) is 19.7 Å². The van der Waals surface area contributed by atoms with E-state index in [9.17, 15) is 0 Å². The Balaban J connectivity index is 2.07. The van der Waals surface area contributed by atoms with Crippen molar-refractivity contribution in [2.45, 2.75) is 31.8 Å². The molecule has 2 aromatic heterocycles. The normalized spacial score (nSPS) is 25.7. The predicted octanol–water partition coefficient (Wildman–Crippen LogP) is 1.13. The molecule has 0 aromatic carbocycles. The van der Waals surface area contributed by atoms with Gasteiger partial charge in [0.25, 0.3) is 0 Å². The Kier molecular flexibility index (Phi) is 2.80. The molecule has 2 atom stereocenters. The minimum absolute atomic E-state index is 0.283. The molecule has 1 saturated heterocycles. The summed E-state index contributed by atoms with van der Waals surface area (Å²) < 4.78 is 1.95. The number of hydrogen-bond acceptors (Lipinski definition) is 4. The Hall–Kier alpha value is -1.46. The zero-order chi connectivity index (χ0) is 12.7. The van der Waals surface area contributed by atoms with Crippen LogP contribution in [0.5, 0.6) is 0 Å². The number of piperidine rings is 1. The zero-order valence-electron chi connectivity index (χ0n) is 10.9. The van der Waals surface area contributed by atoms with E-state index in [0.717, 1.165) is 30.6 Å². The summed E-state index contributed by atoms with van der Waals surface area (Å²) >= 11 is 0. The molecule has 0 bridgehead atoms. The molecule has 1 aliphatic rings. The summed E-state index contributed by atoms with van der Waals surface area (Å²) in [7, 11) is 2.15. The molecule has 1 aliphatic heterocycles. The standard InChI is InChI=1S/C13H19N5/c1-9-11-4-3-5-12(18(11)16-15-9)13-8-10(14)6-7-17(13)2/h3-5,10,13H,6-8,14H2,1-2H3. The highest BCUT2D eigenvalue weighted by atomic mass is 15.4. The number of nitrogens with zero attached hydrogens (tertiary/aromatic N) is 4. The molecule has 1 fully saturated rings. The number of hydrogen-bond donors (Lipinski definition) is 1. The van der Waals surface area contributed by atoms with Gasteiger partial charge >= 0.3 is 0 Å². The van der Waals surface area contributed by atoms with Crippen molar-refractivity contribution in [2.75, 3.05) is 13.6 Å². The fourth-order valence-corrected chi connectivity index (χ4v) is 2.76. The Bertz CT molecular complexity index is 562.